The van der Waals surface area contributed by atoms with Crippen molar-refractivity contribution in [2.45, 2.75) is 6.54 Å². The Morgan fingerprint density at radius 1 is 1.16 bits per heavy atom. The van der Waals surface area contributed by atoms with Gasteiger partial charge in [-0.3, -0.25) is 0 Å². The minimum absolute atomic E-state index is 0.247. The van der Waals surface area contributed by atoms with Crippen LogP contribution in [-0.4, -0.2) is 0 Å². The van der Waals surface area contributed by atoms with Gasteiger partial charge in [0.15, 0.2) is 11.4 Å². The van der Waals surface area contributed by atoms with Gasteiger partial charge < -0.3 is 10.2 Å². The largest absolute Gasteiger partial charge is 0.453 e. The van der Waals surface area contributed by atoms with E-state index in [0.29, 0.717) is 22.7 Å². The van der Waals surface area contributed by atoms with Crippen molar-refractivity contribution in [3.63, 3.8) is 0 Å². The van der Waals surface area contributed by atoms with E-state index in [1.165, 1.54) is 6.07 Å². The molecule has 0 saturated heterocycles. The molecule has 0 aliphatic heterocycles. The zero-order valence-electron chi connectivity index (χ0n) is 9.99. The van der Waals surface area contributed by atoms with Crippen LogP contribution in [-0.2, 0) is 6.54 Å². The van der Waals surface area contributed by atoms with Gasteiger partial charge in [0, 0.05) is 17.5 Å². The number of para-hydroxylation sites is 1. The summed E-state index contributed by atoms with van der Waals surface area (Å²) in [6.45, 7) is 0.425. The summed E-state index contributed by atoms with van der Waals surface area (Å²) < 4.78 is 19.1. The molecule has 0 unspecified atom stereocenters. The Kier molecular flexibility index (Phi) is 3.01. The van der Waals surface area contributed by atoms with Gasteiger partial charge in [0.05, 0.1) is 5.02 Å². The molecule has 0 spiro atoms. The van der Waals surface area contributed by atoms with Crippen LogP contribution in [0, 0.1) is 5.82 Å². The normalized spacial score (nSPS) is 11.1. The van der Waals surface area contributed by atoms with Crippen LogP contribution in [0.1, 0.15) is 5.56 Å². The van der Waals surface area contributed by atoms with Crippen molar-refractivity contribution in [2.75, 3.05) is 0 Å². The van der Waals surface area contributed by atoms with E-state index in [4.69, 9.17) is 21.8 Å². The maximum atomic E-state index is 13.6. The molecule has 3 aromatic rings. The van der Waals surface area contributed by atoms with Crippen LogP contribution in [0.5, 0.6) is 0 Å². The molecule has 2 aromatic carbocycles. The highest BCUT2D eigenvalue weighted by Gasteiger charge is 2.12. The average Bonchev–Trinajstić information content (AvgIpc) is 2.83. The monoisotopic (exact) mass is 275 g/mol. The van der Waals surface area contributed by atoms with Gasteiger partial charge in [-0.2, -0.15) is 0 Å². The molecular weight excluding hydrogens is 265 g/mol. The van der Waals surface area contributed by atoms with E-state index in [1.54, 1.807) is 24.3 Å². The predicted molar refractivity (Wildman–Crippen MR) is 74.5 cm³/mol. The molecule has 2 nitrogen and oxygen atoms in total. The number of rotatable bonds is 2. The fourth-order valence-corrected chi connectivity index (χ4v) is 2.34. The molecule has 0 radical (unpaired) electrons. The van der Waals surface area contributed by atoms with Crippen LogP contribution in [0.25, 0.3) is 22.3 Å². The summed E-state index contributed by atoms with van der Waals surface area (Å²) in [6, 6.07) is 12.1. The van der Waals surface area contributed by atoms with Crippen LogP contribution in [0.2, 0.25) is 5.02 Å². The van der Waals surface area contributed by atoms with E-state index in [1.807, 2.05) is 12.1 Å². The SMILES string of the molecule is NCc1ccc(-c2cc3cccc(F)c3o2)c(Cl)c1. The van der Waals surface area contributed by atoms with E-state index in [0.717, 1.165) is 11.1 Å². The average molecular weight is 276 g/mol. The smallest absolute Gasteiger partial charge is 0.170 e. The molecule has 4 heteroatoms. The minimum Gasteiger partial charge on any atom is -0.453 e. The van der Waals surface area contributed by atoms with Crippen molar-refractivity contribution in [3.05, 3.63) is 58.9 Å². The van der Waals surface area contributed by atoms with Crippen molar-refractivity contribution in [2.24, 2.45) is 5.73 Å². The molecule has 0 bridgehead atoms. The number of halogens is 2. The molecule has 0 atom stereocenters. The number of furan rings is 1. The van der Waals surface area contributed by atoms with Gasteiger partial charge in [-0.1, -0.05) is 29.8 Å². The lowest BCUT2D eigenvalue weighted by Crippen LogP contribution is -1.95. The molecule has 3 rings (SSSR count). The van der Waals surface area contributed by atoms with Gasteiger partial charge in [0.25, 0.3) is 0 Å². The van der Waals surface area contributed by atoms with Crippen LogP contribution >= 0.6 is 11.6 Å². The minimum atomic E-state index is -0.376. The number of hydrogen-bond acceptors (Lipinski definition) is 2. The summed E-state index contributed by atoms with van der Waals surface area (Å²) in [5, 5.41) is 1.26. The second-order valence-electron chi connectivity index (χ2n) is 4.29. The zero-order chi connectivity index (χ0) is 13.4. The highest BCUT2D eigenvalue weighted by atomic mass is 35.5. The van der Waals surface area contributed by atoms with Gasteiger partial charge in [0.1, 0.15) is 5.76 Å². The standard InChI is InChI=1S/C15H11ClFNO/c16-12-6-9(8-18)4-5-11(12)14-7-10-2-1-3-13(17)15(10)19-14/h1-7H,8,18H2. The van der Waals surface area contributed by atoms with E-state index in [-0.39, 0.29) is 11.4 Å². The Morgan fingerprint density at radius 3 is 2.68 bits per heavy atom. The van der Waals surface area contributed by atoms with Gasteiger partial charge in [-0.25, -0.2) is 4.39 Å². The lowest BCUT2D eigenvalue weighted by atomic mass is 10.1. The first-order chi connectivity index (χ1) is 9.19. The van der Waals surface area contributed by atoms with Gasteiger partial charge in [0.2, 0.25) is 0 Å². The third-order valence-corrected chi connectivity index (χ3v) is 3.34. The first-order valence-electron chi connectivity index (χ1n) is 5.86. The molecule has 2 N–H and O–H groups in total. The van der Waals surface area contributed by atoms with Gasteiger partial charge in [-0.15, -0.1) is 0 Å². The number of benzene rings is 2. The van der Waals surface area contributed by atoms with E-state index in [9.17, 15) is 4.39 Å². The first kappa shape index (κ1) is 12.2. The second kappa shape index (κ2) is 4.68. The third-order valence-electron chi connectivity index (χ3n) is 3.03. The summed E-state index contributed by atoms with van der Waals surface area (Å²) in [6.07, 6.45) is 0. The van der Waals surface area contributed by atoms with Crippen molar-refractivity contribution >= 4 is 22.6 Å². The maximum absolute atomic E-state index is 13.6. The number of nitrogens with two attached hydrogens (primary N) is 1. The van der Waals surface area contributed by atoms with Crippen molar-refractivity contribution in [1.82, 2.24) is 0 Å². The van der Waals surface area contributed by atoms with Crippen molar-refractivity contribution < 1.29 is 8.81 Å². The van der Waals surface area contributed by atoms with E-state index < -0.39 is 0 Å². The molecule has 0 aliphatic rings. The van der Waals surface area contributed by atoms with Crippen molar-refractivity contribution in [3.8, 4) is 11.3 Å². The molecule has 0 amide bonds. The molecule has 96 valence electrons. The van der Waals surface area contributed by atoms with E-state index >= 15 is 0 Å². The summed E-state index contributed by atoms with van der Waals surface area (Å²) in [5.41, 5.74) is 7.48. The quantitative estimate of drug-likeness (QED) is 0.755. The molecule has 0 fully saturated rings. The lowest BCUT2D eigenvalue weighted by molar-refractivity contribution is 0.569. The van der Waals surface area contributed by atoms with Crippen molar-refractivity contribution in [1.29, 1.82) is 0 Å². The fraction of sp³-hybridized carbons (Fsp3) is 0.0667. The Bertz CT molecular complexity index is 751. The van der Waals surface area contributed by atoms with Crippen LogP contribution < -0.4 is 5.73 Å². The molecule has 0 aliphatic carbocycles. The lowest BCUT2D eigenvalue weighted by Gasteiger charge is -2.03. The fourth-order valence-electron chi connectivity index (χ4n) is 2.05. The van der Waals surface area contributed by atoms with Crippen LogP contribution in [0.3, 0.4) is 0 Å². The summed E-state index contributed by atoms with van der Waals surface area (Å²) in [4.78, 5) is 0. The number of hydrogen-bond donors (Lipinski definition) is 1. The number of fused-ring (bicyclic) bond motifs is 1. The summed E-state index contributed by atoms with van der Waals surface area (Å²) in [7, 11) is 0. The Hall–Kier alpha value is -1.84. The van der Waals surface area contributed by atoms with Gasteiger partial charge >= 0.3 is 0 Å². The van der Waals surface area contributed by atoms with Gasteiger partial charge in [-0.05, 0) is 29.8 Å². The zero-order valence-corrected chi connectivity index (χ0v) is 10.7. The molecular formula is C15H11ClFNO. The highest BCUT2D eigenvalue weighted by molar-refractivity contribution is 6.33. The summed E-state index contributed by atoms with van der Waals surface area (Å²) >= 11 is 6.20. The van der Waals surface area contributed by atoms with E-state index in [2.05, 4.69) is 0 Å². The van der Waals surface area contributed by atoms with Crippen LogP contribution in [0.15, 0.2) is 46.9 Å². The second-order valence-corrected chi connectivity index (χ2v) is 4.69. The predicted octanol–water partition coefficient (Wildman–Crippen LogP) is 4.35. The van der Waals surface area contributed by atoms with Crippen LogP contribution in [0.4, 0.5) is 4.39 Å². The Labute approximate surface area is 114 Å². The molecule has 0 saturated carbocycles. The first-order valence-corrected chi connectivity index (χ1v) is 6.24. The maximum Gasteiger partial charge on any atom is 0.170 e. The molecule has 1 heterocycles. The third kappa shape index (κ3) is 2.11. The molecule has 1 aromatic heterocycles. The molecule has 19 heavy (non-hydrogen) atoms. The summed E-state index contributed by atoms with van der Waals surface area (Å²) in [5.74, 6) is 0.173. The Morgan fingerprint density at radius 2 is 2.00 bits per heavy atom. The Balaban J connectivity index is 2.16. The topological polar surface area (TPSA) is 39.2 Å². The highest BCUT2D eigenvalue weighted by Crippen LogP contribution is 2.33.